The van der Waals surface area contributed by atoms with Crippen LogP contribution in [0.3, 0.4) is 0 Å². The molecule has 1 aromatic carbocycles. The quantitative estimate of drug-likeness (QED) is 0.731. The van der Waals surface area contributed by atoms with Crippen molar-refractivity contribution >= 4 is 5.91 Å². The van der Waals surface area contributed by atoms with Gasteiger partial charge in [-0.1, -0.05) is 12.1 Å². The number of likely N-dealkylation sites (tertiary alicyclic amines) is 1. The minimum atomic E-state index is -0.401. The molecule has 0 bridgehead atoms. The van der Waals surface area contributed by atoms with Gasteiger partial charge in [0.05, 0.1) is 0 Å². The summed E-state index contributed by atoms with van der Waals surface area (Å²) in [6.07, 6.45) is 8.64. The lowest BCUT2D eigenvalue weighted by Gasteiger charge is -2.22. The Morgan fingerprint density at radius 1 is 1.38 bits per heavy atom. The highest BCUT2D eigenvalue weighted by molar-refractivity contribution is 5.77. The van der Waals surface area contributed by atoms with Crippen molar-refractivity contribution < 1.29 is 9.18 Å². The van der Waals surface area contributed by atoms with Crippen molar-refractivity contribution in [3.05, 3.63) is 35.6 Å². The molecule has 0 aromatic heterocycles. The van der Waals surface area contributed by atoms with Crippen molar-refractivity contribution in [1.29, 1.82) is 0 Å². The molecule has 5 heteroatoms. The lowest BCUT2D eigenvalue weighted by Crippen LogP contribution is -2.34. The third-order valence-corrected chi connectivity index (χ3v) is 5.03. The second-order valence-electron chi connectivity index (χ2n) is 6.77. The van der Waals surface area contributed by atoms with Crippen LogP contribution in [0.2, 0.25) is 0 Å². The first-order valence-electron chi connectivity index (χ1n) is 8.45. The zero-order valence-electron chi connectivity index (χ0n) is 13.9. The van der Waals surface area contributed by atoms with E-state index < -0.39 is 5.66 Å². The number of amides is 1. The molecule has 1 fully saturated rings. The monoisotopic (exact) mass is 327 g/mol. The first kappa shape index (κ1) is 16.6. The van der Waals surface area contributed by atoms with Gasteiger partial charge < -0.3 is 4.90 Å². The van der Waals surface area contributed by atoms with Crippen molar-refractivity contribution in [2.75, 3.05) is 6.54 Å². The molecule has 126 valence electrons. The zero-order chi connectivity index (χ0) is 17.2. The summed E-state index contributed by atoms with van der Waals surface area (Å²) in [5, 5.41) is 8.17. The van der Waals surface area contributed by atoms with E-state index in [0.29, 0.717) is 25.8 Å². The summed E-state index contributed by atoms with van der Waals surface area (Å²) >= 11 is 0. The molecule has 0 N–H and O–H groups in total. The van der Waals surface area contributed by atoms with Gasteiger partial charge in [-0.2, -0.15) is 10.2 Å². The van der Waals surface area contributed by atoms with Crippen LogP contribution in [-0.2, 0) is 4.79 Å². The molecule has 1 aromatic rings. The summed E-state index contributed by atoms with van der Waals surface area (Å²) in [6.45, 7) is 2.76. The normalized spacial score (nSPS) is 24.0. The number of benzene rings is 1. The Bertz CT molecular complexity index is 671. The minimum absolute atomic E-state index is 0.143. The minimum Gasteiger partial charge on any atom is -0.339 e. The van der Waals surface area contributed by atoms with Crippen molar-refractivity contribution in [2.45, 2.75) is 56.7 Å². The molecule has 24 heavy (non-hydrogen) atoms. The highest BCUT2D eigenvalue weighted by Gasteiger charge is 2.41. The number of carbonyl (C=O) groups is 1. The van der Waals surface area contributed by atoms with E-state index in [9.17, 15) is 9.18 Å². The number of hydrogen-bond acceptors (Lipinski definition) is 3. The van der Waals surface area contributed by atoms with E-state index >= 15 is 0 Å². The molecule has 0 aliphatic carbocycles. The average Bonchev–Trinajstić information content (AvgIpc) is 3.25. The Hall–Kier alpha value is -2.22. The molecule has 3 rings (SSSR count). The topological polar surface area (TPSA) is 45.0 Å². The Balaban J connectivity index is 1.54. The summed E-state index contributed by atoms with van der Waals surface area (Å²) < 4.78 is 13.1. The molecule has 0 radical (unpaired) electrons. The maximum atomic E-state index is 13.1. The zero-order valence-corrected chi connectivity index (χ0v) is 13.9. The summed E-state index contributed by atoms with van der Waals surface area (Å²) in [5.41, 5.74) is 0.692. The third-order valence-electron chi connectivity index (χ3n) is 5.03. The predicted octanol–water partition coefficient (Wildman–Crippen LogP) is 3.89. The second kappa shape index (κ2) is 6.72. The van der Waals surface area contributed by atoms with Gasteiger partial charge in [-0.3, -0.25) is 4.79 Å². The van der Waals surface area contributed by atoms with E-state index in [0.717, 1.165) is 18.4 Å². The van der Waals surface area contributed by atoms with Gasteiger partial charge in [-0.25, -0.2) is 4.39 Å². The van der Waals surface area contributed by atoms with Gasteiger partial charge in [-0.05, 0) is 31.0 Å². The van der Waals surface area contributed by atoms with Crippen LogP contribution in [0.15, 0.2) is 34.5 Å². The Labute approximate surface area is 142 Å². The van der Waals surface area contributed by atoms with Gasteiger partial charge >= 0.3 is 0 Å². The summed E-state index contributed by atoms with van der Waals surface area (Å²) in [5.74, 6) is 2.79. The maximum Gasteiger partial charge on any atom is 0.222 e. The van der Waals surface area contributed by atoms with Crippen LogP contribution in [0.4, 0.5) is 4.39 Å². The molecular weight excluding hydrogens is 305 g/mol. The van der Waals surface area contributed by atoms with Gasteiger partial charge in [0, 0.05) is 44.2 Å². The molecule has 0 spiro atoms. The standard InChI is InChI=1S/C19H22FN3O/c1-3-4-10-19(21-22-19)11-9-18(24)23-13-16(12-14(23)2)15-5-7-17(20)8-6-15/h1,5-8,14,16H,4,9-13H2,2H3. The summed E-state index contributed by atoms with van der Waals surface area (Å²) in [4.78, 5) is 14.5. The molecule has 2 atom stereocenters. The smallest absolute Gasteiger partial charge is 0.222 e. The van der Waals surface area contributed by atoms with Gasteiger partial charge in [0.15, 0.2) is 5.66 Å². The highest BCUT2D eigenvalue weighted by Crippen LogP contribution is 2.38. The fourth-order valence-electron chi connectivity index (χ4n) is 3.47. The fourth-order valence-corrected chi connectivity index (χ4v) is 3.47. The van der Waals surface area contributed by atoms with Crippen molar-refractivity contribution in [3.63, 3.8) is 0 Å². The second-order valence-corrected chi connectivity index (χ2v) is 6.77. The van der Waals surface area contributed by atoms with Crippen LogP contribution in [0.25, 0.3) is 0 Å². The average molecular weight is 327 g/mol. The molecule has 4 nitrogen and oxygen atoms in total. The number of hydrogen-bond donors (Lipinski definition) is 0. The SMILES string of the molecule is C#CCCC1(CCC(=O)N2CC(c3ccc(F)cc3)CC2C)N=N1. The molecule has 1 saturated heterocycles. The van der Waals surface area contributed by atoms with E-state index in [-0.39, 0.29) is 23.7 Å². The van der Waals surface area contributed by atoms with Crippen molar-refractivity contribution in [1.82, 2.24) is 4.90 Å². The van der Waals surface area contributed by atoms with Crippen LogP contribution >= 0.6 is 0 Å². The van der Waals surface area contributed by atoms with Crippen LogP contribution < -0.4 is 0 Å². The number of rotatable bonds is 6. The molecule has 0 saturated carbocycles. The number of carbonyl (C=O) groups excluding carboxylic acids is 1. The molecule has 1 amide bonds. The van der Waals surface area contributed by atoms with E-state index in [1.807, 2.05) is 17.0 Å². The lowest BCUT2D eigenvalue weighted by atomic mass is 9.97. The number of terminal acetylenes is 1. The maximum absolute atomic E-state index is 13.1. The van der Waals surface area contributed by atoms with Crippen molar-refractivity contribution in [3.8, 4) is 12.3 Å². The van der Waals surface area contributed by atoms with E-state index in [4.69, 9.17) is 6.42 Å². The number of nitrogens with zero attached hydrogens (tertiary/aromatic N) is 3. The molecule has 2 heterocycles. The van der Waals surface area contributed by atoms with Crippen molar-refractivity contribution in [2.24, 2.45) is 10.2 Å². The predicted molar refractivity (Wildman–Crippen MR) is 89.8 cm³/mol. The fraction of sp³-hybridized carbons (Fsp3) is 0.526. The van der Waals surface area contributed by atoms with Crippen LogP contribution in [0.5, 0.6) is 0 Å². The Morgan fingerprint density at radius 3 is 2.71 bits per heavy atom. The number of halogens is 1. The summed E-state index contributed by atoms with van der Waals surface area (Å²) in [7, 11) is 0. The van der Waals surface area contributed by atoms with Crippen LogP contribution in [-0.4, -0.2) is 29.1 Å². The largest absolute Gasteiger partial charge is 0.339 e. The Kier molecular flexibility index (Phi) is 4.66. The molecule has 2 unspecified atom stereocenters. The lowest BCUT2D eigenvalue weighted by molar-refractivity contribution is -0.132. The third kappa shape index (κ3) is 3.64. The molecule has 2 aliphatic heterocycles. The molecular formula is C19H22FN3O. The van der Waals surface area contributed by atoms with Gasteiger partial charge in [0.2, 0.25) is 5.91 Å². The van der Waals surface area contributed by atoms with E-state index in [2.05, 4.69) is 23.1 Å². The van der Waals surface area contributed by atoms with E-state index in [1.54, 1.807) is 0 Å². The highest BCUT2D eigenvalue weighted by atomic mass is 19.1. The van der Waals surface area contributed by atoms with E-state index in [1.165, 1.54) is 12.1 Å². The molecule has 2 aliphatic rings. The van der Waals surface area contributed by atoms with Crippen LogP contribution in [0.1, 0.15) is 50.5 Å². The Morgan fingerprint density at radius 2 is 2.08 bits per heavy atom. The van der Waals surface area contributed by atoms with Gasteiger partial charge in [0.25, 0.3) is 0 Å². The van der Waals surface area contributed by atoms with Gasteiger partial charge in [0.1, 0.15) is 5.82 Å². The van der Waals surface area contributed by atoms with Crippen LogP contribution in [0, 0.1) is 18.2 Å². The summed E-state index contributed by atoms with van der Waals surface area (Å²) in [6, 6.07) is 6.79. The first-order chi connectivity index (χ1) is 11.5. The first-order valence-corrected chi connectivity index (χ1v) is 8.45. The van der Waals surface area contributed by atoms with Gasteiger partial charge in [-0.15, -0.1) is 12.3 Å².